The number of hydrogen-bond acceptors (Lipinski definition) is 3. The Bertz CT molecular complexity index is 406. The van der Waals surface area contributed by atoms with Gasteiger partial charge in [0.05, 0.1) is 0 Å². The van der Waals surface area contributed by atoms with Crippen LogP contribution in [0.3, 0.4) is 0 Å². The molecule has 0 spiro atoms. The highest BCUT2D eigenvalue weighted by molar-refractivity contribution is 5.68. The average molecular weight is 237 g/mol. The molecule has 5 heteroatoms. The van der Waals surface area contributed by atoms with E-state index in [1.807, 2.05) is 31.5 Å². The summed E-state index contributed by atoms with van der Waals surface area (Å²) < 4.78 is 7.22. The molecule has 94 valence electrons. The summed E-state index contributed by atoms with van der Waals surface area (Å²) in [6.45, 7) is 6.44. The zero-order valence-electron chi connectivity index (χ0n) is 10.6. The molecule has 0 saturated carbocycles. The second-order valence-electron chi connectivity index (χ2n) is 5.38. The molecule has 0 aliphatic carbocycles. The number of fused-ring (bicyclic) bond motifs is 1. The van der Waals surface area contributed by atoms with E-state index in [4.69, 9.17) is 4.74 Å². The summed E-state index contributed by atoms with van der Waals surface area (Å²) in [5, 5.41) is 7.11. The lowest BCUT2D eigenvalue weighted by molar-refractivity contribution is 0.0496. The molecule has 5 nitrogen and oxygen atoms in total. The summed E-state index contributed by atoms with van der Waals surface area (Å²) in [5.41, 5.74) is 0.720. The second-order valence-corrected chi connectivity index (χ2v) is 5.38. The van der Waals surface area contributed by atoms with Crippen LogP contribution >= 0.6 is 0 Å². The smallest absolute Gasteiger partial charge is 0.407 e. The predicted molar refractivity (Wildman–Crippen MR) is 63.7 cm³/mol. The van der Waals surface area contributed by atoms with Gasteiger partial charge in [-0.1, -0.05) is 0 Å². The summed E-state index contributed by atoms with van der Waals surface area (Å²) in [4.78, 5) is 11.6. The largest absolute Gasteiger partial charge is 0.444 e. The number of carbonyl (C=O) groups is 1. The Hall–Kier alpha value is -1.52. The standard InChI is InChI=1S/C12H19N3O2/c1-12(2,3)17-11(16)14-9-5-7-15-10(8-9)4-6-13-15/h4,6,9H,5,7-8H2,1-3H3,(H,14,16)/t9-/m0/s1. The maximum absolute atomic E-state index is 11.6. The maximum atomic E-state index is 11.6. The first-order chi connectivity index (χ1) is 7.94. The molecule has 1 aromatic heterocycles. The van der Waals surface area contributed by atoms with Gasteiger partial charge < -0.3 is 10.1 Å². The van der Waals surface area contributed by atoms with Crippen molar-refractivity contribution in [3.05, 3.63) is 18.0 Å². The third kappa shape index (κ3) is 3.22. The summed E-state index contributed by atoms with van der Waals surface area (Å²) >= 11 is 0. The Balaban J connectivity index is 1.88. The van der Waals surface area contributed by atoms with Crippen LogP contribution < -0.4 is 5.32 Å². The van der Waals surface area contributed by atoms with E-state index in [1.54, 1.807) is 6.20 Å². The first-order valence-corrected chi connectivity index (χ1v) is 5.94. The summed E-state index contributed by atoms with van der Waals surface area (Å²) in [7, 11) is 0. The minimum absolute atomic E-state index is 0.147. The monoisotopic (exact) mass is 237 g/mol. The van der Waals surface area contributed by atoms with E-state index in [9.17, 15) is 4.79 Å². The molecule has 1 aliphatic rings. The molecule has 0 radical (unpaired) electrons. The van der Waals surface area contributed by atoms with E-state index in [0.717, 1.165) is 25.1 Å². The number of ether oxygens (including phenoxy) is 1. The van der Waals surface area contributed by atoms with Crippen LogP contribution in [0.15, 0.2) is 12.3 Å². The van der Waals surface area contributed by atoms with Crippen LogP contribution in [-0.4, -0.2) is 27.5 Å². The van der Waals surface area contributed by atoms with E-state index >= 15 is 0 Å². The number of hydrogen-bond donors (Lipinski definition) is 1. The van der Waals surface area contributed by atoms with Crippen molar-refractivity contribution < 1.29 is 9.53 Å². The maximum Gasteiger partial charge on any atom is 0.407 e. The molecule has 0 aromatic carbocycles. The molecular weight excluding hydrogens is 218 g/mol. The molecule has 0 fully saturated rings. The Morgan fingerprint density at radius 2 is 2.35 bits per heavy atom. The van der Waals surface area contributed by atoms with E-state index < -0.39 is 5.60 Å². The van der Waals surface area contributed by atoms with Crippen molar-refractivity contribution in [2.24, 2.45) is 0 Å². The minimum Gasteiger partial charge on any atom is -0.444 e. The molecule has 2 heterocycles. The van der Waals surface area contributed by atoms with E-state index in [1.165, 1.54) is 0 Å². The normalized spacial score (nSPS) is 19.6. The molecule has 1 N–H and O–H groups in total. The van der Waals surface area contributed by atoms with Crippen LogP contribution in [0.1, 0.15) is 32.9 Å². The van der Waals surface area contributed by atoms with Crippen molar-refractivity contribution in [2.45, 2.75) is 51.8 Å². The topological polar surface area (TPSA) is 56.1 Å². The van der Waals surface area contributed by atoms with Crippen LogP contribution in [0.4, 0.5) is 4.79 Å². The summed E-state index contributed by atoms with van der Waals surface area (Å²) in [6.07, 6.45) is 3.17. The van der Waals surface area contributed by atoms with Crippen molar-refractivity contribution in [2.75, 3.05) is 0 Å². The molecule has 1 amide bonds. The van der Waals surface area contributed by atoms with Crippen molar-refractivity contribution in [1.82, 2.24) is 15.1 Å². The SMILES string of the molecule is CC(C)(C)OC(=O)N[C@H]1CCn2nccc2C1. The third-order valence-corrected chi connectivity index (χ3v) is 2.67. The van der Waals surface area contributed by atoms with Crippen molar-refractivity contribution >= 4 is 6.09 Å². The highest BCUT2D eigenvalue weighted by Gasteiger charge is 2.23. The first-order valence-electron chi connectivity index (χ1n) is 5.94. The van der Waals surface area contributed by atoms with E-state index in [2.05, 4.69) is 10.4 Å². The number of alkyl carbamates (subject to hydrolysis) is 1. The van der Waals surface area contributed by atoms with E-state index in [-0.39, 0.29) is 12.1 Å². The van der Waals surface area contributed by atoms with Crippen LogP contribution in [0.2, 0.25) is 0 Å². The fourth-order valence-corrected chi connectivity index (χ4v) is 1.96. The van der Waals surface area contributed by atoms with E-state index in [0.29, 0.717) is 0 Å². The number of amides is 1. The van der Waals surface area contributed by atoms with Gasteiger partial charge in [0.2, 0.25) is 0 Å². The zero-order valence-corrected chi connectivity index (χ0v) is 10.6. The Morgan fingerprint density at radius 3 is 3.06 bits per heavy atom. The van der Waals surface area contributed by atoms with Crippen molar-refractivity contribution in [1.29, 1.82) is 0 Å². The number of carbonyl (C=O) groups excluding carboxylic acids is 1. The third-order valence-electron chi connectivity index (χ3n) is 2.67. The zero-order chi connectivity index (χ0) is 12.5. The molecule has 0 unspecified atom stereocenters. The fraction of sp³-hybridized carbons (Fsp3) is 0.667. The highest BCUT2D eigenvalue weighted by atomic mass is 16.6. The second kappa shape index (κ2) is 4.39. The quantitative estimate of drug-likeness (QED) is 0.809. The van der Waals surface area contributed by atoms with Crippen molar-refractivity contribution in [3.63, 3.8) is 0 Å². The molecule has 1 aromatic rings. The number of rotatable bonds is 1. The fourth-order valence-electron chi connectivity index (χ4n) is 1.96. The molecule has 17 heavy (non-hydrogen) atoms. The van der Waals surface area contributed by atoms with Crippen LogP contribution in [0.25, 0.3) is 0 Å². The number of nitrogens with one attached hydrogen (secondary N) is 1. The lowest BCUT2D eigenvalue weighted by Crippen LogP contribution is -2.42. The number of aryl methyl sites for hydroxylation is 1. The average Bonchev–Trinajstić information content (AvgIpc) is 2.61. The molecular formula is C12H19N3O2. The lowest BCUT2D eigenvalue weighted by atomic mass is 10.0. The van der Waals surface area contributed by atoms with Crippen LogP contribution in [0.5, 0.6) is 0 Å². The Labute approximate surface area is 101 Å². The van der Waals surface area contributed by atoms with Gasteiger partial charge in [-0.2, -0.15) is 5.10 Å². The highest BCUT2D eigenvalue weighted by Crippen LogP contribution is 2.14. The van der Waals surface area contributed by atoms with Gasteiger partial charge in [0, 0.05) is 30.9 Å². The van der Waals surface area contributed by atoms with Gasteiger partial charge in [0.1, 0.15) is 5.60 Å². The van der Waals surface area contributed by atoms with Gasteiger partial charge in [0.15, 0.2) is 0 Å². The summed E-state index contributed by atoms with van der Waals surface area (Å²) in [6, 6.07) is 2.14. The predicted octanol–water partition coefficient (Wildman–Crippen LogP) is 1.72. The summed E-state index contributed by atoms with van der Waals surface area (Å²) in [5.74, 6) is 0. The van der Waals surface area contributed by atoms with Crippen molar-refractivity contribution in [3.8, 4) is 0 Å². The van der Waals surface area contributed by atoms with Gasteiger partial charge in [0.25, 0.3) is 0 Å². The van der Waals surface area contributed by atoms with Gasteiger partial charge in [-0.3, -0.25) is 4.68 Å². The van der Waals surface area contributed by atoms with Gasteiger partial charge >= 0.3 is 6.09 Å². The minimum atomic E-state index is -0.444. The molecule has 0 saturated heterocycles. The first kappa shape index (κ1) is 12.0. The molecule has 2 rings (SSSR count). The van der Waals surface area contributed by atoms with Gasteiger partial charge in [-0.25, -0.2) is 4.79 Å². The lowest BCUT2D eigenvalue weighted by Gasteiger charge is -2.26. The van der Waals surface area contributed by atoms with Crippen LogP contribution in [-0.2, 0) is 17.7 Å². The molecule has 1 atom stereocenters. The molecule has 1 aliphatic heterocycles. The van der Waals surface area contributed by atoms with Gasteiger partial charge in [-0.05, 0) is 33.3 Å². The Kier molecular flexibility index (Phi) is 3.09. The van der Waals surface area contributed by atoms with Gasteiger partial charge in [-0.15, -0.1) is 0 Å². The molecule has 0 bridgehead atoms. The Morgan fingerprint density at radius 1 is 1.59 bits per heavy atom. The number of nitrogens with zero attached hydrogens (tertiary/aromatic N) is 2. The number of aromatic nitrogens is 2. The van der Waals surface area contributed by atoms with Crippen LogP contribution in [0, 0.1) is 0 Å².